The number of benzene rings is 1. The van der Waals surface area contributed by atoms with Crippen LogP contribution in [0.5, 0.6) is 17.2 Å². The summed E-state index contributed by atoms with van der Waals surface area (Å²) in [5, 5.41) is 9.98. The molecule has 0 aromatic heterocycles. The number of ether oxygens (including phenoxy) is 2. The van der Waals surface area contributed by atoms with Crippen molar-refractivity contribution in [2.24, 2.45) is 4.99 Å². The zero-order valence-electron chi connectivity index (χ0n) is 8.78. The number of rotatable bonds is 2. The average Bonchev–Trinajstić information content (AvgIpc) is 2.29. The summed E-state index contributed by atoms with van der Waals surface area (Å²) in [6.45, 7) is 0.704. The highest BCUT2D eigenvalue weighted by molar-refractivity contribution is 5.86. The predicted molar refractivity (Wildman–Crippen MR) is 57.4 cm³/mol. The van der Waals surface area contributed by atoms with Gasteiger partial charge in [-0.25, -0.2) is 0 Å². The van der Waals surface area contributed by atoms with E-state index in [1.807, 2.05) is 6.07 Å². The van der Waals surface area contributed by atoms with Crippen LogP contribution in [0.15, 0.2) is 11.1 Å². The van der Waals surface area contributed by atoms with Crippen molar-refractivity contribution < 1.29 is 14.6 Å². The summed E-state index contributed by atoms with van der Waals surface area (Å²) < 4.78 is 10.3. The highest BCUT2D eigenvalue weighted by atomic mass is 16.5. The Morgan fingerprint density at radius 3 is 2.80 bits per heavy atom. The molecule has 0 saturated carbocycles. The molecule has 4 nitrogen and oxygen atoms in total. The predicted octanol–water partition coefficient (Wildman–Crippen LogP) is 1.38. The van der Waals surface area contributed by atoms with Gasteiger partial charge >= 0.3 is 0 Å². The lowest BCUT2D eigenvalue weighted by molar-refractivity contribution is 0.331. The normalized spacial score (nSPS) is 13.5. The minimum Gasteiger partial charge on any atom is -0.504 e. The molecule has 1 aliphatic rings. The molecule has 1 N–H and O–H groups in total. The number of phenolic OH excluding ortho intramolecular Hbond substituents is 1. The van der Waals surface area contributed by atoms with Crippen molar-refractivity contribution in [1.29, 1.82) is 0 Å². The van der Waals surface area contributed by atoms with E-state index in [9.17, 15) is 5.11 Å². The Balaban J connectivity index is 2.63. The van der Waals surface area contributed by atoms with Gasteiger partial charge < -0.3 is 14.6 Å². The zero-order chi connectivity index (χ0) is 10.8. The van der Waals surface area contributed by atoms with E-state index in [4.69, 9.17) is 9.47 Å². The highest BCUT2D eigenvalue weighted by Crippen LogP contribution is 2.41. The maximum atomic E-state index is 9.98. The van der Waals surface area contributed by atoms with Crippen molar-refractivity contribution >= 4 is 6.21 Å². The lowest BCUT2D eigenvalue weighted by atomic mass is 10.0. The van der Waals surface area contributed by atoms with Crippen molar-refractivity contribution in [3.63, 3.8) is 0 Å². The first-order valence-corrected chi connectivity index (χ1v) is 4.74. The molecule has 80 valence electrons. The van der Waals surface area contributed by atoms with Gasteiger partial charge in [0.1, 0.15) is 0 Å². The van der Waals surface area contributed by atoms with Gasteiger partial charge in [-0.2, -0.15) is 0 Å². The van der Waals surface area contributed by atoms with Gasteiger partial charge in [-0.05, 0) is 12.5 Å². The average molecular weight is 207 g/mol. The van der Waals surface area contributed by atoms with E-state index in [1.165, 1.54) is 7.11 Å². The minimum atomic E-state index is 0.165. The molecule has 0 unspecified atom stereocenters. The third-order valence-electron chi connectivity index (χ3n) is 2.51. The van der Waals surface area contributed by atoms with Crippen LogP contribution in [0.2, 0.25) is 0 Å². The lowest BCUT2D eigenvalue weighted by Crippen LogP contribution is -2.05. The maximum Gasteiger partial charge on any atom is 0.203 e. The SMILES string of the molecule is COc1cc2c(c(O)c1OC)CCN=C2. The largest absolute Gasteiger partial charge is 0.504 e. The van der Waals surface area contributed by atoms with Crippen molar-refractivity contribution in [3.05, 3.63) is 17.2 Å². The Kier molecular flexibility index (Phi) is 2.49. The van der Waals surface area contributed by atoms with Crippen LogP contribution in [-0.4, -0.2) is 32.1 Å². The number of nitrogens with zero attached hydrogens (tertiary/aromatic N) is 1. The van der Waals surface area contributed by atoms with Crippen LogP contribution in [0, 0.1) is 0 Å². The molecule has 4 heteroatoms. The molecule has 0 atom stereocenters. The molecule has 1 aliphatic heterocycles. The number of phenols is 1. The summed E-state index contributed by atoms with van der Waals surface area (Å²) in [5.41, 5.74) is 1.78. The zero-order valence-corrected chi connectivity index (χ0v) is 8.78. The van der Waals surface area contributed by atoms with Crippen molar-refractivity contribution in [3.8, 4) is 17.2 Å². The summed E-state index contributed by atoms with van der Waals surface area (Å²) in [7, 11) is 3.06. The Morgan fingerprint density at radius 1 is 1.33 bits per heavy atom. The van der Waals surface area contributed by atoms with E-state index < -0.39 is 0 Å². The number of hydrogen-bond acceptors (Lipinski definition) is 4. The van der Waals surface area contributed by atoms with E-state index in [2.05, 4.69) is 4.99 Å². The second-order valence-electron chi connectivity index (χ2n) is 3.31. The van der Waals surface area contributed by atoms with Crippen LogP contribution in [0.25, 0.3) is 0 Å². The van der Waals surface area contributed by atoms with Gasteiger partial charge in [0.25, 0.3) is 0 Å². The topological polar surface area (TPSA) is 51.0 Å². The molecule has 1 aromatic carbocycles. The summed E-state index contributed by atoms with van der Waals surface area (Å²) >= 11 is 0. The van der Waals surface area contributed by atoms with Gasteiger partial charge in [0.05, 0.1) is 14.2 Å². The molecule has 0 spiro atoms. The third-order valence-corrected chi connectivity index (χ3v) is 2.51. The van der Waals surface area contributed by atoms with E-state index >= 15 is 0 Å². The van der Waals surface area contributed by atoms with Crippen molar-refractivity contribution in [2.75, 3.05) is 20.8 Å². The standard InChI is InChI=1S/C11H13NO3/c1-14-9-5-7-6-12-4-3-8(7)10(13)11(9)15-2/h5-6,13H,3-4H2,1-2H3. The number of methoxy groups -OCH3 is 2. The van der Waals surface area contributed by atoms with Gasteiger partial charge in [0.2, 0.25) is 5.75 Å². The second kappa shape index (κ2) is 3.81. The van der Waals surface area contributed by atoms with Gasteiger partial charge in [-0.15, -0.1) is 0 Å². The molecule has 0 bridgehead atoms. The molecular formula is C11H13NO3. The number of aromatic hydroxyl groups is 1. The fourth-order valence-corrected chi connectivity index (χ4v) is 1.75. The molecule has 0 aliphatic carbocycles. The van der Waals surface area contributed by atoms with Crippen LogP contribution < -0.4 is 9.47 Å². The van der Waals surface area contributed by atoms with Crippen LogP contribution >= 0.6 is 0 Å². The van der Waals surface area contributed by atoms with Gasteiger partial charge in [-0.1, -0.05) is 0 Å². The highest BCUT2D eigenvalue weighted by Gasteiger charge is 2.19. The Labute approximate surface area is 88.2 Å². The summed E-state index contributed by atoms with van der Waals surface area (Å²) in [6, 6.07) is 1.83. The van der Waals surface area contributed by atoms with E-state index in [-0.39, 0.29) is 5.75 Å². The summed E-state index contributed by atoms with van der Waals surface area (Å²) in [4.78, 5) is 4.16. The van der Waals surface area contributed by atoms with Gasteiger partial charge in [0.15, 0.2) is 11.5 Å². The number of hydrogen-bond donors (Lipinski definition) is 1. The number of aliphatic imine (C=N–C) groups is 1. The van der Waals surface area contributed by atoms with Gasteiger partial charge in [0, 0.05) is 23.9 Å². The fraction of sp³-hybridized carbons (Fsp3) is 0.364. The van der Waals surface area contributed by atoms with E-state index in [0.717, 1.165) is 17.5 Å². The quantitative estimate of drug-likeness (QED) is 0.797. The van der Waals surface area contributed by atoms with E-state index in [0.29, 0.717) is 18.0 Å². The first-order valence-electron chi connectivity index (χ1n) is 4.74. The molecule has 0 saturated heterocycles. The molecule has 1 aromatic rings. The lowest BCUT2D eigenvalue weighted by Gasteiger charge is -2.17. The first kappa shape index (κ1) is 9.83. The molecule has 1 heterocycles. The van der Waals surface area contributed by atoms with Crippen LogP contribution in [0.3, 0.4) is 0 Å². The Morgan fingerprint density at radius 2 is 2.13 bits per heavy atom. The maximum absolute atomic E-state index is 9.98. The van der Waals surface area contributed by atoms with Gasteiger partial charge in [-0.3, -0.25) is 4.99 Å². The Bertz CT molecular complexity index is 413. The molecule has 0 radical (unpaired) electrons. The van der Waals surface area contributed by atoms with Crippen LogP contribution in [0.1, 0.15) is 11.1 Å². The van der Waals surface area contributed by atoms with Crippen LogP contribution in [-0.2, 0) is 6.42 Å². The number of fused-ring (bicyclic) bond motifs is 1. The first-order chi connectivity index (χ1) is 7.27. The second-order valence-corrected chi connectivity index (χ2v) is 3.31. The van der Waals surface area contributed by atoms with E-state index in [1.54, 1.807) is 13.3 Å². The molecule has 15 heavy (non-hydrogen) atoms. The molecule has 2 rings (SSSR count). The smallest absolute Gasteiger partial charge is 0.203 e. The monoisotopic (exact) mass is 207 g/mol. The molecular weight excluding hydrogens is 194 g/mol. The third kappa shape index (κ3) is 1.52. The van der Waals surface area contributed by atoms with Crippen LogP contribution in [0.4, 0.5) is 0 Å². The Hall–Kier alpha value is -1.71. The van der Waals surface area contributed by atoms with Crippen molar-refractivity contribution in [2.45, 2.75) is 6.42 Å². The molecule has 0 fully saturated rings. The minimum absolute atomic E-state index is 0.165. The van der Waals surface area contributed by atoms with Crippen molar-refractivity contribution in [1.82, 2.24) is 0 Å². The summed E-state index contributed by atoms with van der Waals surface area (Å²) in [6.07, 6.45) is 2.48. The summed E-state index contributed by atoms with van der Waals surface area (Å²) in [5.74, 6) is 1.09. The fourth-order valence-electron chi connectivity index (χ4n) is 1.75. The molecule has 0 amide bonds.